The summed E-state index contributed by atoms with van der Waals surface area (Å²) in [6.07, 6.45) is 0.571. The third-order valence-corrected chi connectivity index (χ3v) is 3.57. The van der Waals surface area contributed by atoms with Gasteiger partial charge < -0.3 is 10.5 Å². The van der Waals surface area contributed by atoms with Crippen LogP contribution in [0.15, 0.2) is 24.3 Å². The number of hydrogen-bond acceptors (Lipinski definition) is 3. The smallest absolute Gasteiger partial charge is 0.0678 e. The Bertz CT molecular complexity index is 367. The molecule has 0 bridgehead atoms. The van der Waals surface area contributed by atoms with Crippen molar-refractivity contribution in [3.8, 4) is 0 Å². The average molecular weight is 248 g/mol. The first kappa shape index (κ1) is 13.5. The maximum Gasteiger partial charge on any atom is 0.0678 e. The van der Waals surface area contributed by atoms with Gasteiger partial charge in [-0.15, -0.1) is 0 Å². The van der Waals surface area contributed by atoms with E-state index in [2.05, 4.69) is 49.9 Å². The molecule has 1 aliphatic heterocycles. The molecule has 1 fully saturated rings. The van der Waals surface area contributed by atoms with Crippen molar-refractivity contribution in [3.05, 3.63) is 35.4 Å². The Balaban J connectivity index is 2.14. The second-order valence-corrected chi connectivity index (χ2v) is 5.37. The van der Waals surface area contributed by atoms with Crippen molar-refractivity contribution < 1.29 is 4.74 Å². The first-order valence-corrected chi connectivity index (χ1v) is 6.76. The molecule has 3 heteroatoms. The molecule has 0 saturated carbocycles. The van der Waals surface area contributed by atoms with Gasteiger partial charge in [-0.2, -0.15) is 0 Å². The molecule has 1 aromatic carbocycles. The Morgan fingerprint density at radius 1 is 1.22 bits per heavy atom. The summed E-state index contributed by atoms with van der Waals surface area (Å²) in [5.41, 5.74) is 8.58. The highest BCUT2D eigenvalue weighted by atomic mass is 16.5. The summed E-state index contributed by atoms with van der Waals surface area (Å²) in [6, 6.07) is 9.01. The third-order valence-electron chi connectivity index (χ3n) is 3.57. The van der Waals surface area contributed by atoms with E-state index >= 15 is 0 Å². The van der Waals surface area contributed by atoms with Crippen molar-refractivity contribution in [3.63, 3.8) is 0 Å². The normalized spacial score (nSPS) is 27.1. The Labute approximate surface area is 110 Å². The van der Waals surface area contributed by atoms with E-state index in [4.69, 9.17) is 10.5 Å². The minimum Gasteiger partial charge on any atom is -0.373 e. The van der Waals surface area contributed by atoms with Gasteiger partial charge in [0.2, 0.25) is 0 Å². The second-order valence-electron chi connectivity index (χ2n) is 5.37. The Morgan fingerprint density at radius 2 is 1.78 bits per heavy atom. The van der Waals surface area contributed by atoms with Crippen LogP contribution in [0.2, 0.25) is 0 Å². The van der Waals surface area contributed by atoms with Crippen molar-refractivity contribution in [2.75, 3.05) is 19.6 Å². The molecule has 0 aliphatic carbocycles. The molecule has 2 rings (SSSR count). The van der Waals surface area contributed by atoms with E-state index in [1.54, 1.807) is 0 Å². The zero-order chi connectivity index (χ0) is 13.1. The van der Waals surface area contributed by atoms with Crippen molar-refractivity contribution >= 4 is 0 Å². The third kappa shape index (κ3) is 3.10. The first-order valence-electron chi connectivity index (χ1n) is 6.76. The van der Waals surface area contributed by atoms with Crippen molar-refractivity contribution in [2.45, 2.75) is 39.0 Å². The molecule has 18 heavy (non-hydrogen) atoms. The lowest BCUT2D eigenvalue weighted by molar-refractivity contribution is -0.0799. The number of nitrogens with zero attached hydrogens (tertiary/aromatic N) is 1. The zero-order valence-corrected chi connectivity index (χ0v) is 11.6. The SMILES string of the molecule is Cc1ccc([C@H](CN)N2C[C@@H](C)O[C@H](C)C2)cc1. The molecule has 1 heterocycles. The quantitative estimate of drug-likeness (QED) is 0.890. The molecule has 1 saturated heterocycles. The number of aryl methyl sites for hydroxylation is 1. The van der Waals surface area contributed by atoms with Crippen LogP contribution in [0.25, 0.3) is 0 Å². The Morgan fingerprint density at radius 3 is 2.28 bits per heavy atom. The van der Waals surface area contributed by atoms with Gasteiger partial charge in [-0.3, -0.25) is 4.90 Å². The van der Waals surface area contributed by atoms with E-state index in [-0.39, 0.29) is 12.2 Å². The van der Waals surface area contributed by atoms with E-state index in [0.29, 0.717) is 12.6 Å². The zero-order valence-electron chi connectivity index (χ0n) is 11.6. The topological polar surface area (TPSA) is 38.5 Å². The van der Waals surface area contributed by atoms with Crippen LogP contribution in [0.1, 0.15) is 31.0 Å². The molecule has 3 atom stereocenters. The summed E-state index contributed by atoms with van der Waals surface area (Å²) >= 11 is 0. The molecule has 0 unspecified atom stereocenters. The van der Waals surface area contributed by atoms with Crippen LogP contribution in [-0.2, 0) is 4.74 Å². The van der Waals surface area contributed by atoms with E-state index in [1.807, 2.05) is 0 Å². The lowest BCUT2D eigenvalue weighted by Crippen LogP contribution is -2.48. The fourth-order valence-electron chi connectivity index (χ4n) is 2.76. The molecule has 0 amide bonds. The Kier molecular flexibility index (Phi) is 4.38. The molecule has 100 valence electrons. The van der Waals surface area contributed by atoms with Gasteiger partial charge in [0.05, 0.1) is 12.2 Å². The van der Waals surface area contributed by atoms with E-state index in [1.165, 1.54) is 11.1 Å². The highest BCUT2D eigenvalue weighted by Crippen LogP contribution is 2.24. The standard InChI is InChI=1S/C15H24N2O/c1-11-4-6-14(7-5-11)15(8-16)17-9-12(2)18-13(3)10-17/h4-7,12-13,15H,8-10,16H2,1-3H3/t12-,13-,15+/m1/s1. The maximum atomic E-state index is 5.98. The van der Waals surface area contributed by atoms with E-state index in [0.717, 1.165) is 13.1 Å². The maximum absolute atomic E-state index is 5.98. The lowest BCUT2D eigenvalue weighted by atomic mass is 10.0. The number of hydrogen-bond donors (Lipinski definition) is 1. The number of ether oxygens (including phenoxy) is 1. The van der Waals surface area contributed by atoms with Gasteiger partial charge in [-0.1, -0.05) is 29.8 Å². The number of benzene rings is 1. The molecule has 2 N–H and O–H groups in total. The molecule has 3 nitrogen and oxygen atoms in total. The summed E-state index contributed by atoms with van der Waals surface area (Å²) in [5.74, 6) is 0. The van der Waals surface area contributed by atoms with Crippen LogP contribution in [0.4, 0.5) is 0 Å². The van der Waals surface area contributed by atoms with Gasteiger partial charge in [-0.05, 0) is 26.3 Å². The summed E-state index contributed by atoms with van der Waals surface area (Å²) in [7, 11) is 0. The monoisotopic (exact) mass is 248 g/mol. The predicted octanol–water partition coefficient (Wildman–Crippen LogP) is 2.10. The number of rotatable bonds is 3. The average Bonchev–Trinajstić information content (AvgIpc) is 2.31. The van der Waals surface area contributed by atoms with Gasteiger partial charge in [-0.25, -0.2) is 0 Å². The van der Waals surface area contributed by atoms with Crippen molar-refractivity contribution in [1.29, 1.82) is 0 Å². The second kappa shape index (κ2) is 5.83. The van der Waals surface area contributed by atoms with Gasteiger partial charge in [0.15, 0.2) is 0 Å². The van der Waals surface area contributed by atoms with Crippen LogP contribution in [0.3, 0.4) is 0 Å². The van der Waals surface area contributed by atoms with Crippen molar-refractivity contribution in [1.82, 2.24) is 4.90 Å². The first-order chi connectivity index (χ1) is 8.60. The van der Waals surface area contributed by atoms with Crippen LogP contribution < -0.4 is 5.73 Å². The summed E-state index contributed by atoms with van der Waals surface area (Å²) < 4.78 is 5.78. The van der Waals surface area contributed by atoms with Gasteiger partial charge >= 0.3 is 0 Å². The molecule has 0 spiro atoms. The van der Waals surface area contributed by atoms with Gasteiger partial charge in [0, 0.05) is 25.7 Å². The fourth-order valence-corrected chi connectivity index (χ4v) is 2.76. The highest BCUT2D eigenvalue weighted by Gasteiger charge is 2.27. The van der Waals surface area contributed by atoms with Crippen LogP contribution in [0.5, 0.6) is 0 Å². The Hall–Kier alpha value is -0.900. The van der Waals surface area contributed by atoms with Crippen LogP contribution >= 0.6 is 0 Å². The molecule has 1 aliphatic rings. The minimum atomic E-state index is 0.285. The summed E-state index contributed by atoms with van der Waals surface area (Å²) in [6.45, 7) is 8.94. The van der Waals surface area contributed by atoms with Crippen LogP contribution in [-0.4, -0.2) is 36.7 Å². The summed E-state index contributed by atoms with van der Waals surface area (Å²) in [4.78, 5) is 2.45. The van der Waals surface area contributed by atoms with E-state index in [9.17, 15) is 0 Å². The number of morpholine rings is 1. The van der Waals surface area contributed by atoms with Crippen molar-refractivity contribution in [2.24, 2.45) is 5.73 Å². The minimum absolute atomic E-state index is 0.285. The lowest BCUT2D eigenvalue weighted by Gasteiger charge is -2.40. The molecule has 0 aromatic heterocycles. The molecular weight excluding hydrogens is 224 g/mol. The number of nitrogens with two attached hydrogens (primary N) is 1. The van der Waals surface area contributed by atoms with Gasteiger partial charge in [0.25, 0.3) is 0 Å². The fraction of sp³-hybridized carbons (Fsp3) is 0.600. The predicted molar refractivity (Wildman–Crippen MR) is 74.6 cm³/mol. The summed E-state index contributed by atoms with van der Waals surface area (Å²) in [5, 5.41) is 0. The molecule has 1 aromatic rings. The van der Waals surface area contributed by atoms with Crippen LogP contribution in [0, 0.1) is 6.92 Å². The highest BCUT2D eigenvalue weighted by molar-refractivity contribution is 5.24. The van der Waals surface area contributed by atoms with E-state index < -0.39 is 0 Å². The largest absolute Gasteiger partial charge is 0.373 e. The van der Waals surface area contributed by atoms with Gasteiger partial charge in [0.1, 0.15) is 0 Å². The molecular formula is C15H24N2O. The molecule has 0 radical (unpaired) electrons.